The van der Waals surface area contributed by atoms with Crippen molar-refractivity contribution in [2.75, 3.05) is 10.0 Å². The van der Waals surface area contributed by atoms with Crippen molar-refractivity contribution in [1.29, 1.82) is 0 Å². The summed E-state index contributed by atoms with van der Waals surface area (Å²) in [5, 5.41) is 6.35. The van der Waals surface area contributed by atoms with E-state index < -0.39 is 10.0 Å². The number of nitrogens with one attached hydrogen (secondary N) is 2. The maximum Gasteiger partial charge on any atom is 0.263 e. The Morgan fingerprint density at radius 2 is 1.80 bits per heavy atom. The van der Waals surface area contributed by atoms with Gasteiger partial charge in [-0.1, -0.05) is 12.1 Å². The SMILES string of the molecule is CCC(C)Oc1ccc(C(=O)Nc2ccc(S(=O)(=O)Nc3cc(C)on3)cc2)cc1. The highest BCUT2D eigenvalue weighted by Crippen LogP contribution is 2.20. The molecule has 1 aromatic heterocycles. The highest BCUT2D eigenvalue weighted by atomic mass is 32.2. The number of ether oxygens (including phenoxy) is 1. The molecule has 8 nitrogen and oxygen atoms in total. The van der Waals surface area contributed by atoms with Crippen LogP contribution in [-0.4, -0.2) is 25.6 Å². The maximum atomic E-state index is 12.4. The highest BCUT2D eigenvalue weighted by Gasteiger charge is 2.16. The summed E-state index contributed by atoms with van der Waals surface area (Å²) in [6.07, 6.45) is 0.990. The van der Waals surface area contributed by atoms with Crippen molar-refractivity contribution >= 4 is 27.4 Å². The van der Waals surface area contributed by atoms with Gasteiger partial charge in [-0.3, -0.25) is 9.52 Å². The van der Waals surface area contributed by atoms with Crippen LogP contribution in [0, 0.1) is 6.92 Å². The molecule has 9 heteroatoms. The van der Waals surface area contributed by atoms with Crippen molar-refractivity contribution in [2.45, 2.75) is 38.2 Å². The number of carbonyl (C=O) groups is 1. The lowest BCUT2D eigenvalue weighted by molar-refractivity contribution is 0.102. The molecule has 0 bridgehead atoms. The smallest absolute Gasteiger partial charge is 0.263 e. The van der Waals surface area contributed by atoms with Crippen molar-refractivity contribution in [2.24, 2.45) is 0 Å². The number of benzene rings is 2. The molecule has 0 fully saturated rings. The Morgan fingerprint density at radius 1 is 1.13 bits per heavy atom. The zero-order chi connectivity index (χ0) is 21.7. The molecule has 2 aromatic carbocycles. The van der Waals surface area contributed by atoms with Crippen LogP contribution in [0.25, 0.3) is 0 Å². The van der Waals surface area contributed by atoms with Gasteiger partial charge in [0.15, 0.2) is 5.82 Å². The van der Waals surface area contributed by atoms with Crippen LogP contribution in [0.1, 0.15) is 36.4 Å². The summed E-state index contributed by atoms with van der Waals surface area (Å²) in [5.74, 6) is 0.984. The minimum atomic E-state index is -3.81. The normalized spacial score (nSPS) is 12.2. The van der Waals surface area contributed by atoms with E-state index in [1.807, 2.05) is 13.8 Å². The first-order chi connectivity index (χ1) is 14.3. The van der Waals surface area contributed by atoms with E-state index in [4.69, 9.17) is 9.26 Å². The minimum absolute atomic E-state index is 0.0349. The van der Waals surface area contributed by atoms with Crippen LogP contribution in [0.4, 0.5) is 11.5 Å². The Hall–Kier alpha value is -3.33. The summed E-state index contributed by atoms with van der Waals surface area (Å²) < 4.78 is 37.7. The number of sulfonamides is 1. The molecule has 0 saturated carbocycles. The summed E-state index contributed by atoms with van der Waals surface area (Å²) in [5.41, 5.74) is 0.933. The van der Waals surface area contributed by atoms with Crippen molar-refractivity contribution in [1.82, 2.24) is 5.16 Å². The maximum absolute atomic E-state index is 12.4. The Morgan fingerprint density at radius 3 is 2.37 bits per heavy atom. The third kappa shape index (κ3) is 5.38. The van der Waals surface area contributed by atoms with E-state index >= 15 is 0 Å². The second-order valence-electron chi connectivity index (χ2n) is 6.77. The molecule has 1 unspecified atom stereocenters. The summed E-state index contributed by atoms with van der Waals surface area (Å²) >= 11 is 0. The van der Waals surface area contributed by atoms with E-state index in [1.165, 1.54) is 30.3 Å². The van der Waals surface area contributed by atoms with Gasteiger partial charge in [-0.2, -0.15) is 0 Å². The van der Waals surface area contributed by atoms with Gasteiger partial charge in [-0.15, -0.1) is 0 Å². The van der Waals surface area contributed by atoms with Gasteiger partial charge in [-0.05, 0) is 68.8 Å². The Labute approximate surface area is 175 Å². The first-order valence-corrected chi connectivity index (χ1v) is 10.9. The predicted molar refractivity (Wildman–Crippen MR) is 113 cm³/mol. The lowest BCUT2D eigenvalue weighted by Gasteiger charge is -2.13. The van der Waals surface area contributed by atoms with E-state index in [0.717, 1.165) is 6.42 Å². The number of carbonyl (C=O) groups excluding carboxylic acids is 1. The van der Waals surface area contributed by atoms with Crippen LogP contribution in [0.3, 0.4) is 0 Å². The quantitative estimate of drug-likeness (QED) is 0.555. The molecular weight excluding hydrogens is 406 g/mol. The number of rotatable bonds is 8. The molecule has 0 saturated heterocycles. The topological polar surface area (TPSA) is 111 Å². The molecule has 30 heavy (non-hydrogen) atoms. The van der Waals surface area contributed by atoms with Crippen LogP contribution >= 0.6 is 0 Å². The molecule has 0 radical (unpaired) electrons. The lowest BCUT2D eigenvalue weighted by atomic mass is 10.2. The molecule has 1 heterocycles. The van der Waals surface area contributed by atoms with Crippen molar-refractivity contribution < 1.29 is 22.5 Å². The van der Waals surface area contributed by atoms with Crippen LogP contribution < -0.4 is 14.8 Å². The van der Waals surface area contributed by atoms with Crippen LogP contribution in [0.5, 0.6) is 5.75 Å². The highest BCUT2D eigenvalue weighted by molar-refractivity contribution is 7.92. The molecule has 1 atom stereocenters. The summed E-state index contributed by atoms with van der Waals surface area (Å²) in [6, 6.07) is 14.1. The molecule has 0 aliphatic carbocycles. The summed E-state index contributed by atoms with van der Waals surface area (Å²) in [6.45, 7) is 5.68. The summed E-state index contributed by atoms with van der Waals surface area (Å²) in [4.78, 5) is 12.5. The first-order valence-electron chi connectivity index (χ1n) is 9.41. The number of hydrogen-bond donors (Lipinski definition) is 2. The fourth-order valence-corrected chi connectivity index (χ4v) is 3.52. The molecule has 0 spiro atoms. The fourth-order valence-electron chi connectivity index (χ4n) is 2.53. The first kappa shape index (κ1) is 21.4. The van der Waals surface area contributed by atoms with E-state index in [-0.39, 0.29) is 22.7 Å². The minimum Gasteiger partial charge on any atom is -0.491 e. The number of nitrogens with zero attached hydrogens (tertiary/aromatic N) is 1. The molecule has 2 N–H and O–H groups in total. The van der Waals surface area contributed by atoms with E-state index in [0.29, 0.717) is 22.8 Å². The van der Waals surface area contributed by atoms with Gasteiger partial charge in [0.25, 0.3) is 15.9 Å². The molecule has 3 aromatic rings. The molecule has 0 aliphatic rings. The van der Waals surface area contributed by atoms with Crippen molar-refractivity contribution in [3.63, 3.8) is 0 Å². The Balaban J connectivity index is 1.64. The van der Waals surface area contributed by atoms with Crippen molar-refractivity contribution in [3.8, 4) is 5.75 Å². The number of aromatic nitrogens is 1. The lowest BCUT2D eigenvalue weighted by Crippen LogP contribution is -2.14. The Kier molecular flexibility index (Phi) is 6.41. The monoisotopic (exact) mass is 429 g/mol. The van der Waals surface area contributed by atoms with Crippen LogP contribution in [-0.2, 0) is 10.0 Å². The Bertz CT molecular complexity index is 1110. The number of hydrogen-bond acceptors (Lipinski definition) is 6. The van der Waals surface area contributed by atoms with Gasteiger partial charge in [0.2, 0.25) is 0 Å². The molecule has 3 rings (SSSR count). The average Bonchev–Trinajstić information content (AvgIpc) is 3.12. The fraction of sp³-hybridized carbons (Fsp3) is 0.238. The van der Waals surface area contributed by atoms with E-state index in [9.17, 15) is 13.2 Å². The zero-order valence-electron chi connectivity index (χ0n) is 16.9. The van der Waals surface area contributed by atoms with Gasteiger partial charge in [0.1, 0.15) is 11.5 Å². The van der Waals surface area contributed by atoms with Crippen molar-refractivity contribution in [3.05, 3.63) is 65.9 Å². The van der Waals surface area contributed by atoms with Gasteiger partial charge in [0, 0.05) is 17.3 Å². The third-order valence-electron chi connectivity index (χ3n) is 4.32. The predicted octanol–water partition coefficient (Wildman–Crippen LogP) is 4.21. The summed E-state index contributed by atoms with van der Waals surface area (Å²) in [7, 11) is -3.81. The van der Waals surface area contributed by atoms with E-state index in [1.54, 1.807) is 31.2 Å². The average molecular weight is 429 g/mol. The number of aryl methyl sites for hydroxylation is 1. The molecule has 1 amide bonds. The molecule has 158 valence electrons. The third-order valence-corrected chi connectivity index (χ3v) is 5.69. The van der Waals surface area contributed by atoms with Gasteiger partial charge < -0.3 is 14.6 Å². The zero-order valence-corrected chi connectivity index (χ0v) is 17.7. The van der Waals surface area contributed by atoms with Gasteiger partial charge in [-0.25, -0.2) is 8.42 Å². The molecular formula is C21H23N3O5S. The number of anilines is 2. The largest absolute Gasteiger partial charge is 0.491 e. The van der Waals surface area contributed by atoms with Crippen LogP contribution in [0.2, 0.25) is 0 Å². The van der Waals surface area contributed by atoms with Gasteiger partial charge >= 0.3 is 0 Å². The second kappa shape index (κ2) is 9.00. The standard InChI is InChI=1S/C21H23N3O5S/c1-4-14(2)28-18-9-5-16(6-10-18)21(25)22-17-7-11-19(12-8-17)30(26,27)24-20-13-15(3)29-23-20/h5-14H,4H2,1-3H3,(H,22,25)(H,23,24). The van der Waals surface area contributed by atoms with Gasteiger partial charge in [0.05, 0.1) is 11.0 Å². The second-order valence-corrected chi connectivity index (χ2v) is 8.45. The van der Waals surface area contributed by atoms with Crippen LogP contribution in [0.15, 0.2) is 64.0 Å². The molecule has 0 aliphatic heterocycles. The number of amides is 1. The van der Waals surface area contributed by atoms with E-state index in [2.05, 4.69) is 15.2 Å².